The molecule has 0 aromatic carbocycles. The fourth-order valence-electron chi connectivity index (χ4n) is 4.01. The molecule has 1 saturated heterocycles. The summed E-state index contributed by atoms with van der Waals surface area (Å²) < 4.78 is 0. The summed E-state index contributed by atoms with van der Waals surface area (Å²) in [6.07, 6.45) is 6.06. The van der Waals surface area contributed by atoms with Gasteiger partial charge in [0.2, 0.25) is 0 Å². The number of nitrogens with zero attached hydrogens (tertiary/aromatic N) is 2. The van der Waals surface area contributed by atoms with E-state index in [1.165, 1.54) is 6.42 Å². The lowest BCUT2D eigenvalue weighted by Crippen LogP contribution is -2.47. The molecular weight excluding hydrogens is 306 g/mol. The Kier molecular flexibility index (Phi) is 6.90. The van der Waals surface area contributed by atoms with Crippen LogP contribution in [0, 0.1) is 11.8 Å². The number of likely N-dealkylation sites (tertiary alicyclic amines) is 1. The topological polar surface area (TPSA) is 72.9 Å². The fraction of sp³-hybridized carbons (Fsp3) is 0.889. The molecule has 0 bridgehead atoms. The molecule has 1 saturated carbocycles. The lowest BCUT2D eigenvalue weighted by atomic mass is 9.79. The summed E-state index contributed by atoms with van der Waals surface area (Å²) in [6.45, 7) is 6.11. The number of aliphatic carboxylic acids is 1. The number of rotatable bonds is 4. The Hall–Kier alpha value is -1.30. The molecule has 138 valence electrons. The molecule has 0 aromatic rings. The molecule has 6 nitrogen and oxygen atoms in total. The van der Waals surface area contributed by atoms with Gasteiger partial charge in [0.25, 0.3) is 0 Å². The molecule has 1 aliphatic heterocycles. The van der Waals surface area contributed by atoms with Gasteiger partial charge in [0.1, 0.15) is 0 Å². The number of carboxylic acid groups (broad SMARTS) is 1. The summed E-state index contributed by atoms with van der Waals surface area (Å²) in [7, 11) is 1.86. The zero-order valence-corrected chi connectivity index (χ0v) is 15.3. The predicted molar refractivity (Wildman–Crippen MR) is 94.0 cm³/mol. The number of carbonyl (C=O) groups is 2. The zero-order valence-electron chi connectivity index (χ0n) is 15.3. The monoisotopic (exact) mass is 339 g/mol. The lowest BCUT2D eigenvalue weighted by Gasteiger charge is -2.34. The van der Waals surface area contributed by atoms with Gasteiger partial charge in [-0.3, -0.25) is 9.69 Å². The normalized spacial score (nSPS) is 31.6. The Labute approximate surface area is 145 Å². The van der Waals surface area contributed by atoms with Crippen molar-refractivity contribution in [2.45, 2.75) is 64.5 Å². The Morgan fingerprint density at radius 3 is 2.54 bits per heavy atom. The van der Waals surface area contributed by atoms with Crippen LogP contribution in [0.3, 0.4) is 0 Å². The van der Waals surface area contributed by atoms with Gasteiger partial charge in [-0.2, -0.15) is 0 Å². The Morgan fingerprint density at radius 2 is 1.88 bits per heavy atom. The highest BCUT2D eigenvalue weighted by Gasteiger charge is 2.28. The molecule has 2 N–H and O–H groups in total. The van der Waals surface area contributed by atoms with Gasteiger partial charge < -0.3 is 15.3 Å². The molecule has 2 amide bonds. The highest BCUT2D eigenvalue weighted by Crippen LogP contribution is 2.29. The van der Waals surface area contributed by atoms with Crippen molar-refractivity contribution in [1.29, 1.82) is 0 Å². The third-order valence-electron chi connectivity index (χ3n) is 5.92. The Morgan fingerprint density at radius 1 is 1.12 bits per heavy atom. The number of amides is 2. The van der Waals surface area contributed by atoms with Crippen molar-refractivity contribution in [1.82, 2.24) is 15.1 Å². The van der Waals surface area contributed by atoms with Crippen molar-refractivity contribution in [3.05, 3.63) is 0 Å². The van der Waals surface area contributed by atoms with Crippen molar-refractivity contribution < 1.29 is 14.7 Å². The van der Waals surface area contributed by atoms with Crippen LogP contribution in [0.5, 0.6) is 0 Å². The number of nitrogens with one attached hydrogen (secondary N) is 1. The van der Waals surface area contributed by atoms with Crippen molar-refractivity contribution in [2.24, 2.45) is 11.8 Å². The van der Waals surface area contributed by atoms with E-state index in [1.807, 2.05) is 16.8 Å². The second kappa shape index (κ2) is 8.70. The molecule has 2 fully saturated rings. The molecule has 24 heavy (non-hydrogen) atoms. The summed E-state index contributed by atoms with van der Waals surface area (Å²) >= 11 is 0. The number of urea groups is 1. The van der Waals surface area contributed by atoms with Gasteiger partial charge in [0, 0.05) is 25.2 Å². The summed E-state index contributed by atoms with van der Waals surface area (Å²) in [6, 6.07) is 0.607. The maximum Gasteiger partial charge on any atom is 0.317 e. The quantitative estimate of drug-likeness (QED) is 0.825. The minimum absolute atomic E-state index is 0.0586. The second-order valence-electron chi connectivity index (χ2n) is 7.79. The van der Waals surface area contributed by atoms with Gasteiger partial charge >= 0.3 is 12.0 Å². The number of likely N-dealkylation sites (N-methyl/N-ethyl adjacent to an activating group) is 1. The molecule has 0 aromatic heterocycles. The van der Waals surface area contributed by atoms with Gasteiger partial charge in [-0.25, -0.2) is 4.79 Å². The van der Waals surface area contributed by atoms with Gasteiger partial charge in [-0.15, -0.1) is 0 Å². The number of carbonyl (C=O) groups excluding carboxylic acids is 1. The van der Waals surface area contributed by atoms with Crippen LogP contribution in [0.25, 0.3) is 0 Å². The summed E-state index contributed by atoms with van der Waals surface area (Å²) in [4.78, 5) is 27.2. The number of hydrogen-bond donors (Lipinski definition) is 2. The summed E-state index contributed by atoms with van der Waals surface area (Å²) in [5.41, 5.74) is 0. The van der Waals surface area contributed by atoms with E-state index in [9.17, 15) is 9.59 Å². The molecule has 1 aliphatic carbocycles. The van der Waals surface area contributed by atoms with E-state index in [1.54, 1.807) is 0 Å². The molecule has 0 radical (unpaired) electrons. The van der Waals surface area contributed by atoms with E-state index < -0.39 is 5.97 Å². The largest absolute Gasteiger partial charge is 0.480 e. The van der Waals surface area contributed by atoms with Crippen LogP contribution in [-0.2, 0) is 4.79 Å². The average molecular weight is 339 g/mol. The van der Waals surface area contributed by atoms with Crippen molar-refractivity contribution in [2.75, 3.05) is 26.7 Å². The van der Waals surface area contributed by atoms with Crippen molar-refractivity contribution in [3.63, 3.8) is 0 Å². The number of hydrogen-bond acceptors (Lipinski definition) is 3. The Bertz CT molecular complexity index is 443. The molecule has 4 atom stereocenters. The molecule has 6 heteroatoms. The molecule has 2 aliphatic rings. The first kappa shape index (κ1) is 19.0. The first-order valence-electron chi connectivity index (χ1n) is 9.34. The number of carboxylic acids is 1. The minimum Gasteiger partial charge on any atom is -0.480 e. The van der Waals surface area contributed by atoms with E-state index in [2.05, 4.69) is 19.2 Å². The van der Waals surface area contributed by atoms with Crippen molar-refractivity contribution >= 4 is 12.0 Å². The van der Waals surface area contributed by atoms with E-state index in [0.717, 1.165) is 44.6 Å². The van der Waals surface area contributed by atoms with E-state index in [0.29, 0.717) is 18.5 Å². The molecule has 1 heterocycles. The van der Waals surface area contributed by atoms with E-state index in [-0.39, 0.29) is 18.6 Å². The second-order valence-corrected chi connectivity index (χ2v) is 7.79. The van der Waals surface area contributed by atoms with Gasteiger partial charge in [0.15, 0.2) is 0 Å². The summed E-state index contributed by atoms with van der Waals surface area (Å²) in [5, 5.41) is 12.2. The standard InChI is InChI=1S/C18H33N3O3/c1-13-6-7-15(11-14(13)2)19-18(24)21-9-4-5-16(8-10-21)20(3)12-17(22)23/h13-16H,4-12H2,1-3H3,(H,19,24)(H,22,23). The summed E-state index contributed by atoms with van der Waals surface area (Å²) in [5.74, 6) is 0.626. The molecule has 2 rings (SSSR count). The first-order valence-corrected chi connectivity index (χ1v) is 9.34. The van der Waals surface area contributed by atoms with Crippen LogP contribution in [0.4, 0.5) is 4.79 Å². The highest BCUT2D eigenvalue weighted by atomic mass is 16.4. The molecule has 4 unspecified atom stereocenters. The van der Waals surface area contributed by atoms with Crippen LogP contribution in [0.2, 0.25) is 0 Å². The van der Waals surface area contributed by atoms with Crippen LogP contribution in [0.15, 0.2) is 0 Å². The predicted octanol–water partition coefficient (Wildman–Crippen LogP) is 2.39. The van der Waals surface area contributed by atoms with E-state index in [4.69, 9.17) is 5.11 Å². The maximum absolute atomic E-state index is 12.6. The first-order chi connectivity index (χ1) is 11.4. The van der Waals surface area contributed by atoms with Gasteiger partial charge in [-0.05, 0) is 57.4 Å². The maximum atomic E-state index is 12.6. The smallest absolute Gasteiger partial charge is 0.317 e. The third-order valence-corrected chi connectivity index (χ3v) is 5.92. The van der Waals surface area contributed by atoms with E-state index >= 15 is 0 Å². The SMILES string of the molecule is CC1CCC(NC(=O)N2CCCC(N(C)CC(=O)O)CC2)CC1C. The minimum atomic E-state index is -0.794. The highest BCUT2D eigenvalue weighted by molar-refractivity contribution is 5.74. The third kappa shape index (κ3) is 5.36. The average Bonchev–Trinajstić information content (AvgIpc) is 2.76. The lowest BCUT2D eigenvalue weighted by molar-refractivity contribution is -0.138. The van der Waals surface area contributed by atoms with Crippen LogP contribution >= 0.6 is 0 Å². The van der Waals surface area contributed by atoms with Gasteiger partial charge in [-0.1, -0.05) is 13.8 Å². The van der Waals surface area contributed by atoms with Crippen LogP contribution < -0.4 is 5.32 Å². The molecular formula is C18H33N3O3. The van der Waals surface area contributed by atoms with Crippen molar-refractivity contribution in [3.8, 4) is 0 Å². The molecule has 0 spiro atoms. The fourth-order valence-corrected chi connectivity index (χ4v) is 4.01. The van der Waals surface area contributed by atoms with Crippen LogP contribution in [-0.4, -0.2) is 65.7 Å². The van der Waals surface area contributed by atoms with Gasteiger partial charge in [0.05, 0.1) is 6.54 Å². The zero-order chi connectivity index (χ0) is 17.7. The van der Waals surface area contributed by atoms with Crippen LogP contribution in [0.1, 0.15) is 52.4 Å². The Balaban J connectivity index is 1.80.